The lowest BCUT2D eigenvalue weighted by Crippen LogP contribution is -2.32. The Morgan fingerprint density at radius 1 is 1.33 bits per heavy atom. The van der Waals surface area contributed by atoms with E-state index in [0.29, 0.717) is 4.90 Å². The summed E-state index contributed by atoms with van der Waals surface area (Å²) in [6.07, 6.45) is -4.39. The fraction of sp³-hybridized carbons (Fsp3) is 0.417. The summed E-state index contributed by atoms with van der Waals surface area (Å²) in [6.45, 7) is 3.82. The van der Waals surface area contributed by atoms with Gasteiger partial charge in [0.25, 0.3) is 0 Å². The molecule has 1 N–H and O–H groups in total. The molecule has 1 amide bonds. The van der Waals surface area contributed by atoms with E-state index in [4.69, 9.17) is 0 Å². The molecular weight excluding hydrogens is 263 g/mol. The van der Waals surface area contributed by atoms with Crippen molar-refractivity contribution in [3.8, 4) is 0 Å². The molecule has 0 spiro atoms. The molecule has 0 aromatic heterocycles. The van der Waals surface area contributed by atoms with Gasteiger partial charge in [-0.25, -0.2) is 0 Å². The van der Waals surface area contributed by atoms with E-state index in [9.17, 15) is 18.0 Å². The predicted molar refractivity (Wildman–Crippen MR) is 64.6 cm³/mol. The van der Waals surface area contributed by atoms with E-state index in [1.54, 1.807) is 0 Å². The maximum absolute atomic E-state index is 12.5. The predicted octanol–water partition coefficient (Wildman–Crippen LogP) is 3.77. The summed E-state index contributed by atoms with van der Waals surface area (Å²) in [5, 5.41) is 2.29. The van der Waals surface area contributed by atoms with E-state index in [-0.39, 0.29) is 22.8 Å². The van der Waals surface area contributed by atoms with Gasteiger partial charge in [0.1, 0.15) is 0 Å². The highest BCUT2D eigenvalue weighted by atomic mass is 32.2. The highest BCUT2D eigenvalue weighted by Gasteiger charge is 2.34. The second kappa shape index (κ2) is 4.50. The molecule has 0 fully saturated rings. The maximum atomic E-state index is 12.5. The largest absolute Gasteiger partial charge is 0.416 e. The number of benzene rings is 1. The second-order valence-corrected chi connectivity index (χ2v) is 5.66. The topological polar surface area (TPSA) is 29.1 Å². The Hall–Kier alpha value is -1.17. The zero-order chi connectivity index (χ0) is 13.5. The minimum Gasteiger partial charge on any atom is -0.324 e. The molecule has 2 nitrogen and oxygen atoms in total. The molecule has 1 aromatic carbocycles. The number of halogens is 3. The molecular formula is C12H12F3NOS. The van der Waals surface area contributed by atoms with Crippen molar-refractivity contribution in [2.75, 3.05) is 5.32 Å². The standard InChI is InChI=1S/C12H12F3NOS/c1-6(2)10-11(17)16-8-5-7(12(13,14)15)3-4-9(8)18-10/h3-6,10H,1-2H3,(H,16,17). The van der Waals surface area contributed by atoms with Crippen LogP contribution >= 0.6 is 11.8 Å². The molecule has 0 radical (unpaired) electrons. The van der Waals surface area contributed by atoms with Crippen molar-refractivity contribution in [2.45, 2.75) is 30.2 Å². The number of fused-ring (bicyclic) bond motifs is 1. The number of amides is 1. The van der Waals surface area contributed by atoms with Gasteiger partial charge >= 0.3 is 6.18 Å². The van der Waals surface area contributed by atoms with Crippen LogP contribution in [0, 0.1) is 5.92 Å². The van der Waals surface area contributed by atoms with Crippen LogP contribution in [0.3, 0.4) is 0 Å². The van der Waals surface area contributed by atoms with Crippen molar-refractivity contribution in [1.82, 2.24) is 0 Å². The van der Waals surface area contributed by atoms with Crippen LogP contribution in [0.1, 0.15) is 19.4 Å². The van der Waals surface area contributed by atoms with Gasteiger partial charge in [0, 0.05) is 4.90 Å². The summed E-state index contributed by atoms with van der Waals surface area (Å²) in [5.74, 6) is -0.104. The van der Waals surface area contributed by atoms with E-state index in [2.05, 4.69) is 5.32 Å². The number of rotatable bonds is 1. The monoisotopic (exact) mass is 275 g/mol. The van der Waals surface area contributed by atoms with Crippen molar-refractivity contribution in [2.24, 2.45) is 5.92 Å². The maximum Gasteiger partial charge on any atom is 0.416 e. The number of anilines is 1. The summed E-state index contributed by atoms with van der Waals surface area (Å²) >= 11 is 1.31. The number of carbonyl (C=O) groups is 1. The summed E-state index contributed by atoms with van der Waals surface area (Å²) in [4.78, 5) is 12.4. The lowest BCUT2D eigenvalue weighted by Gasteiger charge is -2.27. The first-order chi connectivity index (χ1) is 8.29. The Morgan fingerprint density at radius 3 is 2.56 bits per heavy atom. The molecule has 18 heavy (non-hydrogen) atoms. The fourth-order valence-corrected chi connectivity index (χ4v) is 2.83. The van der Waals surface area contributed by atoms with Crippen LogP contribution in [-0.2, 0) is 11.0 Å². The Kier molecular flexibility index (Phi) is 3.31. The van der Waals surface area contributed by atoms with Crippen LogP contribution in [0.4, 0.5) is 18.9 Å². The van der Waals surface area contributed by atoms with Crippen molar-refractivity contribution >= 4 is 23.4 Å². The zero-order valence-electron chi connectivity index (χ0n) is 9.84. The molecule has 1 atom stereocenters. The van der Waals surface area contributed by atoms with Gasteiger partial charge in [-0.15, -0.1) is 11.8 Å². The molecule has 0 bridgehead atoms. The molecule has 1 aliphatic rings. The smallest absolute Gasteiger partial charge is 0.324 e. The fourth-order valence-electron chi connectivity index (χ4n) is 1.74. The summed E-state index contributed by atoms with van der Waals surface area (Å²) in [7, 11) is 0. The van der Waals surface area contributed by atoms with Gasteiger partial charge in [-0.3, -0.25) is 4.79 Å². The van der Waals surface area contributed by atoms with Crippen molar-refractivity contribution in [1.29, 1.82) is 0 Å². The third kappa shape index (κ3) is 2.48. The van der Waals surface area contributed by atoms with Gasteiger partial charge in [0.15, 0.2) is 0 Å². The van der Waals surface area contributed by atoms with Gasteiger partial charge in [-0.2, -0.15) is 13.2 Å². The average molecular weight is 275 g/mol. The minimum atomic E-state index is -4.39. The van der Waals surface area contributed by atoms with Crippen molar-refractivity contribution in [3.63, 3.8) is 0 Å². The number of alkyl halides is 3. The van der Waals surface area contributed by atoms with Gasteiger partial charge in [-0.1, -0.05) is 13.8 Å². The quantitative estimate of drug-likeness (QED) is 0.845. The third-order valence-corrected chi connectivity index (χ3v) is 4.30. The van der Waals surface area contributed by atoms with Gasteiger partial charge in [-0.05, 0) is 24.1 Å². The summed E-state index contributed by atoms with van der Waals surface area (Å²) < 4.78 is 37.6. The third-order valence-electron chi connectivity index (χ3n) is 2.68. The van der Waals surface area contributed by atoms with Crippen LogP contribution in [0.15, 0.2) is 23.1 Å². The summed E-state index contributed by atoms with van der Waals surface area (Å²) in [5.41, 5.74) is -0.498. The average Bonchev–Trinajstić information content (AvgIpc) is 2.25. The molecule has 6 heteroatoms. The Bertz CT molecular complexity index is 485. The molecule has 0 aliphatic carbocycles. The van der Waals surface area contributed by atoms with Crippen LogP contribution in [0.25, 0.3) is 0 Å². The van der Waals surface area contributed by atoms with Crippen molar-refractivity contribution < 1.29 is 18.0 Å². The Labute approximate surface area is 107 Å². The van der Waals surface area contributed by atoms with Crippen molar-refractivity contribution in [3.05, 3.63) is 23.8 Å². The highest BCUT2D eigenvalue weighted by molar-refractivity contribution is 8.01. The molecule has 1 aliphatic heterocycles. The van der Waals surface area contributed by atoms with Crippen LogP contribution in [-0.4, -0.2) is 11.2 Å². The SMILES string of the molecule is CC(C)C1Sc2ccc(C(F)(F)F)cc2NC1=O. The molecule has 98 valence electrons. The molecule has 0 saturated heterocycles. The Morgan fingerprint density at radius 2 is 2.00 bits per heavy atom. The van der Waals surface area contributed by atoms with Gasteiger partial charge < -0.3 is 5.32 Å². The lowest BCUT2D eigenvalue weighted by molar-refractivity contribution is -0.137. The van der Waals surface area contributed by atoms with Gasteiger partial charge in [0.05, 0.1) is 16.5 Å². The van der Waals surface area contributed by atoms with E-state index < -0.39 is 11.7 Å². The van der Waals surface area contributed by atoms with E-state index in [0.717, 1.165) is 12.1 Å². The normalized spacial score (nSPS) is 19.7. The first-order valence-electron chi connectivity index (χ1n) is 5.48. The van der Waals surface area contributed by atoms with E-state index >= 15 is 0 Å². The molecule has 2 rings (SSSR count). The first kappa shape index (κ1) is 13.3. The molecule has 1 unspecified atom stereocenters. The van der Waals surface area contributed by atoms with E-state index in [1.165, 1.54) is 17.8 Å². The number of hydrogen-bond donors (Lipinski definition) is 1. The first-order valence-corrected chi connectivity index (χ1v) is 6.36. The highest BCUT2D eigenvalue weighted by Crippen LogP contribution is 2.41. The second-order valence-electron chi connectivity index (χ2n) is 4.48. The number of carbonyl (C=O) groups excluding carboxylic acids is 1. The molecule has 0 saturated carbocycles. The number of hydrogen-bond acceptors (Lipinski definition) is 2. The number of thioether (sulfide) groups is 1. The molecule has 1 aromatic rings. The summed E-state index contributed by atoms with van der Waals surface area (Å²) in [6, 6.07) is 3.44. The van der Waals surface area contributed by atoms with Crippen LogP contribution in [0.2, 0.25) is 0 Å². The van der Waals surface area contributed by atoms with E-state index in [1.807, 2.05) is 13.8 Å². The van der Waals surface area contributed by atoms with Crippen LogP contribution < -0.4 is 5.32 Å². The Balaban J connectivity index is 2.35. The number of nitrogens with one attached hydrogen (secondary N) is 1. The lowest BCUT2D eigenvalue weighted by atomic mass is 10.1. The zero-order valence-corrected chi connectivity index (χ0v) is 10.7. The van der Waals surface area contributed by atoms with Gasteiger partial charge in [0.2, 0.25) is 5.91 Å². The van der Waals surface area contributed by atoms with Crippen LogP contribution in [0.5, 0.6) is 0 Å². The minimum absolute atomic E-state index is 0.130. The molecule has 1 heterocycles.